The molecule has 4 nitrogen and oxygen atoms in total. The third-order valence-electron chi connectivity index (χ3n) is 3.69. The van der Waals surface area contributed by atoms with Crippen LogP contribution in [0.5, 0.6) is 5.75 Å². The number of hydrazone groups is 1. The van der Waals surface area contributed by atoms with Crippen LogP contribution in [0.25, 0.3) is 10.8 Å². The molecule has 0 radical (unpaired) electrons. The van der Waals surface area contributed by atoms with E-state index in [2.05, 4.69) is 42.4 Å². The van der Waals surface area contributed by atoms with E-state index in [0.29, 0.717) is 10.0 Å². The standard InChI is InChI=1S/C19H14Br2N2O2/c20-16-10-17(21)18(24)8-14(16)11-22-23-19(25)9-13-6-3-5-12-4-1-2-7-15(12)13/h1-8,10-11,24H,9H2,(H,23,25)/b22-11+. The molecule has 126 valence electrons. The van der Waals surface area contributed by atoms with Crippen LogP contribution < -0.4 is 5.43 Å². The third-order valence-corrected chi connectivity index (χ3v) is 5.01. The van der Waals surface area contributed by atoms with E-state index in [1.165, 1.54) is 6.21 Å². The number of benzene rings is 3. The van der Waals surface area contributed by atoms with E-state index < -0.39 is 0 Å². The zero-order chi connectivity index (χ0) is 17.8. The first-order chi connectivity index (χ1) is 12.0. The molecule has 0 aliphatic heterocycles. The van der Waals surface area contributed by atoms with Crippen LogP contribution in [0.1, 0.15) is 11.1 Å². The molecule has 0 fully saturated rings. The van der Waals surface area contributed by atoms with Gasteiger partial charge in [0.2, 0.25) is 5.91 Å². The van der Waals surface area contributed by atoms with Gasteiger partial charge in [0, 0.05) is 10.0 Å². The molecule has 0 aliphatic rings. The highest BCUT2D eigenvalue weighted by Crippen LogP contribution is 2.29. The molecular weight excluding hydrogens is 448 g/mol. The second kappa shape index (κ2) is 7.80. The number of hydrogen-bond donors (Lipinski definition) is 2. The molecule has 3 aromatic rings. The summed E-state index contributed by atoms with van der Waals surface area (Å²) in [5.41, 5.74) is 4.13. The van der Waals surface area contributed by atoms with Crippen molar-refractivity contribution < 1.29 is 9.90 Å². The molecule has 0 spiro atoms. The summed E-state index contributed by atoms with van der Waals surface area (Å²) in [6.07, 6.45) is 1.72. The van der Waals surface area contributed by atoms with Gasteiger partial charge in [-0.1, -0.05) is 58.4 Å². The second-order valence-electron chi connectivity index (χ2n) is 5.43. The van der Waals surface area contributed by atoms with Gasteiger partial charge in [0.05, 0.1) is 17.1 Å². The Balaban J connectivity index is 1.70. The number of aromatic hydroxyl groups is 1. The number of amides is 1. The number of phenolic OH excluding ortho intramolecular Hbond substituents is 1. The minimum atomic E-state index is -0.204. The van der Waals surface area contributed by atoms with Gasteiger partial charge in [-0.25, -0.2) is 5.43 Å². The molecule has 0 aromatic heterocycles. The molecule has 0 atom stereocenters. The Bertz CT molecular complexity index is 966. The molecule has 3 aromatic carbocycles. The first kappa shape index (κ1) is 17.6. The number of rotatable bonds is 4. The zero-order valence-electron chi connectivity index (χ0n) is 13.0. The molecule has 6 heteroatoms. The topological polar surface area (TPSA) is 61.7 Å². The lowest BCUT2D eigenvalue weighted by Gasteiger charge is -2.06. The van der Waals surface area contributed by atoms with Gasteiger partial charge in [-0.2, -0.15) is 5.10 Å². The Kier molecular flexibility index (Phi) is 5.50. The molecule has 3 rings (SSSR count). The van der Waals surface area contributed by atoms with Crippen molar-refractivity contribution in [3.8, 4) is 5.75 Å². The summed E-state index contributed by atoms with van der Waals surface area (Å²) in [7, 11) is 0. The minimum absolute atomic E-state index is 0.103. The lowest BCUT2D eigenvalue weighted by atomic mass is 10.0. The van der Waals surface area contributed by atoms with Crippen LogP contribution in [0.15, 0.2) is 68.6 Å². The summed E-state index contributed by atoms with van der Waals surface area (Å²) in [5, 5.41) is 15.8. The Morgan fingerprint density at radius 2 is 1.84 bits per heavy atom. The maximum atomic E-state index is 12.2. The number of nitrogens with one attached hydrogen (secondary N) is 1. The lowest BCUT2D eigenvalue weighted by molar-refractivity contribution is -0.120. The van der Waals surface area contributed by atoms with Crippen molar-refractivity contribution >= 4 is 54.8 Å². The number of carbonyl (C=O) groups excluding carboxylic acids is 1. The van der Waals surface area contributed by atoms with Crippen molar-refractivity contribution in [3.05, 3.63) is 74.7 Å². The van der Waals surface area contributed by atoms with Crippen molar-refractivity contribution in [1.29, 1.82) is 0 Å². The monoisotopic (exact) mass is 460 g/mol. The van der Waals surface area contributed by atoms with E-state index in [1.54, 1.807) is 12.1 Å². The molecule has 0 saturated carbocycles. The summed E-state index contributed by atoms with van der Waals surface area (Å²) in [4.78, 5) is 12.2. The van der Waals surface area contributed by atoms with E-state index in [4.69, 9.17) is 0 Å². The number of carbonyl (C=O) groups is 1. The van der Waals surface area contributed by atoms with Gasteiger partial charge in [-0.15, -0.1) is 0 Å². The third kappa shape index (κ3) is 4.27. The van der Waals surface area contributed by atoms with Crippen molar-refractivity contribution in [3.63, 3.8) is 0 Å². The number of nitrogens with zero attached hydrogens (tertiary/aromatic N) is 1. The van der Waals surface area contributed by atoms with Gasteiger partial charge in [-0.05, 0) is 44.4 Å². The summed E-state index contributed by atoms with van der Waals surface area (Å²) in [6, 6.07) is 17.1. The Morgan fingerprint density at radius 3 is 2.68 bits per heavy atom. The fraction of sp³-hybridized carbons (Fsp3) is 0.0526. The summed E-state index contributed by atoms with van der Waals surface area (Å²) < 4.78 is 1.33. The molecule has 25 heavy (non-hydrogen) atoms. The van der Waals surface area contributed by atoms with E-state index in [0.717, 1.165) is 20.8 Å². The van der Waals surface area contributed by atoms with E-state index in [-0.39, 0.29) is 18.1 Å². The normalized spacial score (nSPS) is 11.1. The number of halogens is 2. The average molecular weight is 462 g/mol. The predicted octanol–water partition coefficient (Wildman–Crippen LogP) is 4.76. The zero-order valence-corrected chi connectivity index (χ0v) is 16.2. The SMILES string of the molecule is O=C(Cc1cccc2ccccc12)N/N=C/c1cc(O)c(Br)cc1Br. The maximum Gasteiger partial charge on any atom is 0.244 e. The van der Waals surface area contributed by atoms with E-state index >= 15 is 0 Å². The Labute approximate surface area is 161 Å². The summed E-state index contributed by atoms with van der Waals surface area (Å²) in [6.45, 7) is 0. The van der Waals surface area contributed by atoms with Crippen molar-refractivity contribution in [2.24, 2.45) is 5.10 Å². The van der Waals surface area contributed by atoms with Crippen molar-refractivity contribution in [2.45, 2.75) is 6.42 Å². The number of fused-ring (bicyclic) bond motifs is 1. The summed E-state index contributed by atoms with van der Waals surface area (Å²) >= 11 is 6.62. The van der Waals surface area contributed by atoms with Gasteiger partial charge in [0.25, 0.3) is 0 Å². The first-order valence-corrected chi connectivity index (χ1v) is 9.10. The van der Waals surface area contributed by atoms with Crippen LogP contribution >= 0.6 is 31.9 Å². The van der Waals surface area contributed by atoms with E-state index in [9.17, 15) is 9.90 Å². The quantitative estimate of drug-likeness (QED) is 0.434. The molecular formula is C19H14Br2N2O2. The molecule has 0 aliphatic carbocycles. The highest BCUT2D eigenvalue weighted by molar-refractivity contribution is 9.11. The van der Waals surface area contributed by atoms with Crippen LogP contribution in [0.3, 0.4) is 0 Å². The second-order valence-corrected chi connectivity index (χ2v) is 7.14. The van der Waals surface area contributed by atoms with Crippen LogP contribution in [0.2, 0.25) is 0 Å². The van der Waals surface area contributed by atoms with Gasteiger partial charge in [0.15, 0.2) is 0 Å². The molecule has 2 N–H and O–H groups in total. The maximum absolute atomic E-state index is 12.2. The number of hydrogen-bond acceptors (Lipinski definition) is 3. The fourth-order valence-corrected chi connectivity index (χ4v) is 3.58. The van der Waals surface area contributed by atoms with Crippen LogP contribution in [-0.2, 0) is 11.2 Å². The highest BCUT2D eigenvalue weighted by Gasteiger charge is 2.07. The van der Waals surface area contributed by atoms with Crippen LogP contribution in [0.4, 0.5) is 0 Å². The van der Waals surface area contributed by atoms with Gasteiger partial charge in [-0.3, -0.25) is 4.79 Å². The smallest absolute Gasteiger partial charge is 0.244 e. The molecule has 0 heterocycles. The van der Waals surface area contributed by atoms with Crippen molar-refractivity contribution in [1.82, 2.24) is 5.43 Å². The van der Waals surface area contributed by atoms with Gasteiger partial charge >= 0.3 is 0 Å². The average Bonchev–Trinajstić information content (AvgIpc) is 2.60. The molecule has 0 unspecified atom stereocenters. The predicted molar refractivity (Wildman–Crippen MR) is 107 cm³/mol. The van der Waals surface area contributed by atoms with Gasteiger partial charge < -0.3 is 5.11 Å². The summed E-state index contributed by atoms with van der Waals surface area (Å²) in [5.74, 6) is -0.100. The Hall–Kier alpha value is -2.18. The highest BCUT2D eigenvalue weighted by atomic mass is 79.9. The van der Waals surface area contributed by atoms with Crippen LogP contribution in [-0.4, -0.2) is 17.2 Å². The number of phenols is 1. The lowest BCUT2D eigenvalue weighted by Crippen LogP contribution is -2.19. The molecule has 0 bridgehead atoms. The van der Waals surface area contributed by atoms with Gasteiger partial charge in [0.1, 0.15) is 5.75 Å². The molecule has 1 amide bonds. The van der Waals surface area contributed by atoms with Crippen LogP contribution in [0, 0.1) is 0 Å². The minimum Gasteiger partial charge on any atom is -0.507 e. The Morgan fingerprint density at radius 1 is 1.08 bits per heavy atom. The fourth-order valence-electron chi connectivity index (χ4n) is 2.49. The first-order valence-electron chi connectivity index (χ1n) is 7.51. The van der Waals surface area contributed by atoms with E-state index in [1.807, 2.05) is 42.5 Å². The molecule has 0 saturated heterocycles. The van der Waals surface area contributed by atoms with Crippen molar-refractivity contribution in [2.75, 3.05) is 0 Å². The largest absolute Gasteiger partial charge is 0.507 e.